The number of carbonyl (C=O) groups is 2. The number of amides is 1. The smallest absolute Gasteiger partial charge is 0.342 e. The van der Waals surface area contributed by atoms with Crippen molar-refractivity contribution < 1.29 is 14.3 Å². The molecule has 3 aromatic rings. The molecule has 28 heavy (non-hydrogen) atoms. The van der Waals surface area contributed by atoms with E-state index in [9.17, 15) is 9.59 Å². The van der Waals surface area contributed by atoms with E-state index in [1.165, 1.54) is 0 Å². The van der Waals surface area contributed by atoms with Crippen LogP contribution in [0.15, 0.2) is 54.6 Å². The van der Waals surface area contributed by atoms with E-state index in [1.807, 2.05) is 48.5 Å². The molecule has 3 rings (SSSR count). The van der Waals surface area contributed by atoms with Crippen LogP contribution in [0.4, 0.5) is 0 Å². The highest BCUT2D eigenvalue weighted by atomic mass is 35.5. The standard InChI is InChI=1S/C21H20ClN3O3/c1-14-20(15(2)25(24-14)17-9-4-3-5-10-17)21(27)28-13-19(26)23-12-16-8-6-7-11-18(16)22/h3-11H,12-13H2,1-2H3,(H,23,26). The molecular weight excluding hydrogens is 378 g/mol. The maximum Gasteiger partial charge on any atom is 0.342 e. The summed E-state index contributed by atoms with van der Waals surface area (Å²) in [5.74, 6) is -0.982. The van der Waals surface area contributed by atoms with E-state index in [0.29, 0.717) is 22.0 Å². The molecule has 0 aliphatic rings. The molecule has 1 amide bonds. The number of aryl methyl sites for hydroxylation is 1. The summed E-state index contributed by atoms with van der Waals surface area (Å²) in [7, 11) is 0. The third kappa shape index (κ3) is 4.40. The van der Waals surface area contributed by atoms with E-state index in [1.54, 1.807) is 24.6 Å². The number of carbonyl (C=O) groups excluding carboxylic acids is 2. The molecule has 0 unspecified atom stereocenters. The fraction of sp³-hybridized carbons (Fsp3) is 0.190. The van der Waals surface area contributed by atoms with Crippen LogP contribution in [-0.4, -0.2) is 28.3 Å². The Morgan fingerprint density at radius 1 is 1.07 bits per heavy atom. The van der Waals surface area contributed by atoms with Crippen molar-refractivity contribution in [3.05, 3.63) is 82.1 Å². The largest absolute Gasteiger partial charge is 0.452 e. The van der Waals surface area contributed by atoms with E-state index < -0.39 is 11.9 Å². The highest BCUT2D eigenvalue weighted by Crippen LogP contribution is 2.19. The number of nitrogens with zero attached hydrogens (tertiary/aromatic N) is 2. The Kier molecular flexibility index (Phi) is 6.11. The molecule has 0 aliphatic heterocycles. The minimum atomic E-state index is -0.579. The van der Waals surface area contributed by atoms with Gasteiger partial charge in [0.2, 0.25) is 0 Å². The zero-order valence-electron chi connectivity index (χ0n) is 15.6. The number of para-hydroxylation sites is 1. The number of rotatable bonds is 6. The van der Waals surface area contributed by atoms with E-state index in [-0.39, 0.29) is 13.2 Å². The van der Waals surface area contributed by atoms with E-state index in [4.69, 9.17) is 16.3 Å². The summed E-state index contributed by atoms with van der Waals surface area (Å²) in [6, 6.07) is 16.7. The van der Waals surface area contributed by atoms with Crippen molar-refractivity contribution >= 4 is 23.5 Å². The predicted molar refractivity (Wildman–Crippen MR) is 107 cm³/mol. The third-order valence-corrected chi connectivity index (χ3v) is 4.63. The van der Waals surface area contributed by atoms with Crippen LogP contribution >= 0.6 is 11.6 Å². The van der Waals surface area contributed by atoms with Gasteiger partial charge in [0, 0.05) is 11.6 Å². The highest BCUT2D eigenvalue weighted by Gasteiger charge is 2.21. The zero-order valence-corrected chi connectivity index (χ0v) is 16.4. The number of esters is 1. The molecule has 0 saturated carbocycles. The van der Waals surface area contributed by atoms with Gasteiger partial charge in [0.05, 0.1) is 17.1 Å². The molecule has 0 aliphatic carbocycles. The van der Waals surface area contributed by atoms with Gasteiger partial charge >= 0.3 is 5.97 Å². The number of ether oxygens (including phenoxy) is 1. The molecule has 6 nitrogen and oxygen atoms in total. The second-order valence-corrected chi connectivity index (χ2v) is 6.64. The average molecular weight is 398 g/mol. The molecule has 1 heterocycles. The lowest BCUT2D eigenvalue weighted by molar-refractivity contribution is -0.124. The quantitative estimate of drug-likeness (QED) is 0.645. The van der Waals surface area contributed by atoms with Crippen LogP contribution in [0.25, 0.3) is 5.69 Å². The molecule has 0 bridgehead atoms. The molecule has 0 radical (unpaired) electrons. The van der Waals surface area contributed by atoms with Gasteiger partial charge in [0.15, 0.2) is 6.61 Å². The molecule has 7 heteroatoms. The fourth-order valence-corrected chi connectivity index (χ4v) is 3.05. The minimum absolute atomic E-state index is 0.264. The Bertz CT molecular complexity index is 999. The summed E-state index contributed by atoms with van der Waals surface area (Å²) >= 11 is 6.06. The Morgan fingerprint density at radius 3 is 2.46 bits per heavy atom. The fourth-order valence-electron chi connectivity index (χ4n) is 2.85. The van der Waals surface area contributed by atoms with Crippen molar-refractivity contribution in [3.63, 3.8) is 0 Å². The second kappa shape index (κ2) is 8.71. The first kappa shape index (κ1) is 19.6. The molecule has 0 spiro atoms. The minimum Gasteiger partial charge on any atom is -0.452 e. The van der Waals surface area contributed by atoms with Crippen LogP contribution in [0.1, 0.15) is 27.3 Å². The average Bonchev–Trinajstić information content (AvgIpc) is 3.00. The van der Waals surface area contributed by atoms with Crippen LogP contribution in [0.3, 0.4) is 0 Å². The van der Waals surface area contributed by atoms with E-state index >= 15 is 0 Å². The Morgan fingerprint density at radius 2 is 1.75 bits per heavy atom. The SMILES string of the molecule is Cc1nn(-c2ccccc2)c(C)c1C(=O)OCC(=O)NCc1ccccc1Cl. The summed E-state index contributed by atoms with van der Waals surface area (Å²) < 4.78 is 6.87. The molecule has 1 N–H and O–H groups in total. The van der Waals surface area contributed by atoms with Crippen LogP contribution in [0.2, 0.25) is 5.02 Å². The summed E-state index contributed by atoms with van der Waals surface area (Å²) in [5.41, 5.74) is 3.20. The first-order valence-corrected chi connectivity index (χ1v) is 9.14. The molecule has 0 saturated heterocycles. The summed E-state index contributed by atoms with van der Waals surface area (Å²) in [5, 5.41) is 7.67. The number of hydrogen-bond acceptors (Lipinski definition) is 4. The lowest BCUT2D eigenvalue weighted by Crippen LogP contribution is -2.28. The maximum atomic E-state index is 12.5. The van der Waals surface area contributed by atoms with Crippen LogP contribution in [0, 0.1) is 13.8 Å². The second-order valence-electron chi connectivity index (χ2n) is 6.24. The van der Waals surface area contributed by atoms with Gasteiger partial charge in [-0.3, -0.25) is 4.79 Å². The summed E-state index contributed by atoms with van der Waals surface area (Å²) in [4.78, 5) is 24.5. The van der Waals surface area contributed by atoms with Gasteiger partial charge in [-0.25, -0.2) is 9.48 Å². The number of nitrogens with one attached hydrogen (secondary N) is 1. The number of halogens is 1. The number of benzene rings is 2. The third-order valence-electron chi connectivity index (χ3n) is 4.26. The van der Waals surface area contributed by atoms with Crippen LogP contribution in [0.5, 0.6) is 0 Å². The predicted octanol–water partition coefficient (Wildman–Crippen LogP) is 3.62. The summed E-state index contributed by atoms with van der Waals surface area (Å²) in [6.07, 6.45) is 0. The monoisotopic (exact) mass is 397 g/mol. The van der Waals surface area contributed by atoms with Gasteiger partial charge in [0.1, 0.15) is 5.56 Å². The van der Waals surface area contributed by atoms with E-state index in [0.717, 1.165) is 11.3 Å². The van der Waals surface area contributed by atoms with Gasteiger partial charge in [0.25, 0.3) is 5.91 Å². The Hall–Kier alpha value is -3.12. The van der Waals surface area contributed by atoms with Crippen molar-refractivity contribution in [1.29, 1.82) is 0 Å². The van der Waals surface area contributed by atoms with Crippen molar-refractivity contribution in [2.75, 3.05) is 6.61 Å². The first-order chi connectivity index (χ1) is 13.5. The molecule has 2 aromatic carbocycles. The maximum absolute atomic E-state index is 12.5. The van der Waals surface area contributed by atoms with Gasteiger partial charge < -0.3 is 10.1 Å². The number of hydrogen-bond donors (Lipinski definition) is 1. The lowest BCUT2D eigenvalue weighted by Gasteiger charge is -2.08. The van der Waals surface area contributed by atoms with E-state index in [2.05, 4.69) is 10.4 Å². The molecule has 144 valence electrons. The number of aromatic nitrogens is 2. The molecule has 1 aromatic heterocycles. The molecule has 0 fully saturated rings. The molecular formula is C21H20ClN3O3. The van der Waals surface area contributed by atoms with Crippen molar-refractivity contribution in [2.45, 2.75) is 20.4 Å². The highest BCUT2D eigenvalue weighted by molar-refractivity contribution is 6.31. The van der Waals surface area contributed by atoms with Gasteiger partial charge in [-0.05, 0) is 37.6 Å². The zero-order chi connectivity index (χ0) is 20.1. The van der Waals surface area contributed by atoms with Crippen molar-refractivity contribution in [3.8, 4) is 5.69 Å². The van der Waals surface area contributed by atoms with Crippen molar-refractivity contribution in [1.82, 2.24) is 15.1 Å². The van der Waals surface area contributed by atoms with Crippen LogP contribution in [-0.2, 0) is 16.1 Å². The van der Waals surface area contributed by atoms with Gasteiger partial charge in [-0.2, -0.15) is 5.10 Å². The first-order valence-electron chi connectivity index (χ1n) is 8.76. The van der Waals surface area contributed by atoms with Crippen molar-refractivity contribution in [2.24, 2.45) is 0 Å². The Balaban J connectivity index is 1.61. The molecule has 0 atom stereocenters. The topological polar surface area (TPSA) is 73.2 Å². The van der Waals surface area contributed by atoms with Gasteiger partial charge in [-0.15, -0.1) is 0 Å². The summed E-state index contributed by atoms with van der Waals surface area (Å²) in [6.45, 7) is 3.42. The van der Waals surface area contributed by atoms with Crippen LogP contribution < -0.4 is 5.32 Å². The Labute approximate surface area is 168 Å². The normalized spacial score (nSPS) is 10.5. The van der Waals surface area contributed by atoms with Gasteiger partial charge in [-0.1, -0.05) is 48.0 Å². The lowest BCUT2D eigenvalue weighted by atomic mass is 10.2.